The number of nitrogens with zero attached hydrogens (tertiary/aromatic N) is 1. The first-order valence-electron chi connectivity index (χ1n) is 11.7. The zero-order chi connectivity index (χ0) is 25.1. The molecule has 0 bridgehead atoms. The molecule has 1 aliphatic heterocycles. The fourth-order valence-corrected chi connectivity index (χ4v) is 4.33. The van der Waals surface area contributed by atoms with Crippen LogP contribution in [-0.4, -0.2) is 41.8 Å². The average molecular weight is 475 g/mol. The van der Waals surface area contributed by atoms with Crippen molar-refractivity contribution >= 4 is 29.1 Å². The number of nitrogens with one attached hydrogen (secondary N) is 1. The van der Waals surface area contributed by atoms with Crippen LogP contribution >= 0.6 is 0 Å². The lowest BCUT2D eigenvalue weighted by molar-refractivity contribution is -0.145. The molecule has 182 valence electrons. The van der Waals surface area contributed by atoms with Crippen molar-refractivity contribution in [2.75, 3.05) is 13.1 Å². The minimum atomic E-state index is -1.49. The number of fused-ring (bicyclic) bond motifs is 1. The zero-order valence-electron chi connectivity index (χ0n) is 20.2. The third kappa shape index (κ3) is 5.29. The van der Waals surface area contributed by atoms with E-state index in [9.17, 15) is 14.4 Å². The summed E-state index contributed by atoms with van der Waals surface area (Å²) in [5.41, 5.74) is -0.410. The molecule has 1 saturated heterocycles. The predicted octanol–water partition coefficient (Wildman–Crippen LogP) is 4.57. The lowest BCUT2D eigenvalue weighted by Crippen LogP contribution is -2.48. The summed E-state index contributed by atoms with van der Waals surface area (Å²) in [6.07, 6.45) is 0.246. The molecule has 3 aromatic rings. The molecule has 3 aromatic carbocycles. The lowest BCUT2D eigenvalue weighted by atomic mass is 9.91. The summed E-state index contributed by atoms with van der Waals surface area (Å²) < 4.78 is 11.8. The maximum atomic E-state index is 13.3. The van der Waals surface area contributed by atoms with Gasteiger partial charge in [0.15, 0.2) is 0 Å². The van der Waals surface area contributed by atoms with Gasteiger partial charge in [0.25, 0.3) is 5.91 Å². The molecule has 1 atom stereocenters. The monoisotopic (exact) mass is 474 g/mol. The number of hydrogen-bond acceptors (Lipinski definition) is 5. The van der Waals surface area contributed by atoms with E-state index in [2.05, 4.69) is 23.5 Å². The number of hydrogen-bond donors (Lipinski definition) is 1. The van der Waals surface area contributed by atoms with E-state index in [-0.39, 0.29) is 13.0 Å². The highest BCUT2D eigenvalue weighted by molar-refractivity contribution is 5.92. The number of ether oxygens (including phenoxy) is 2. The zero-order valence-corrected chi connectivity index (χ0v) is 20.2. The van der Waals surface area contributed by atoms with Crippen molar-refractivity contribution in [3.05, 3.63) is 77.9 Å². The van der Waals surface area contributed by atoms with Crippen molar-refractivity contribution in [3.8, 4) is 5.75 Å². The minimum absolute atomic E-state index is 0.0446. The van der Waals surface area contributed by atoms with Gasteiger partial charge in [-0.2, -0.15) is 0 Å². The van der Waals surface area contributed by atoms with Crippen LogP contribution in [0.15, 0.2) is 66.7 Å². The van der Waals surface area contributed by atoms with Crippen molar-refractivity contribution in [2.45, 2.75) is 44.9 Å². The molecule has 0 spiro atoms. The molecule has 0 radical (unpaired) electrons. The molecule has 2 amide bonds. The van der Waals surface area contributed by atoms with Crippen LogP contribution in [0.3, 0.4) is 0 Å². The Bertz CT molecular complexity index is 1230. The van der Waals surface area contributed by atoms with E-state index in [1.165, 1.54) is 4.90 Å². The van der Waals surface area contributed by atoms with E-state index in [1.807, 2.05) is 45.0 Å². The molecular weight excluding hydrogens is 444 g/mol. The average Bonchev–Trinajstić information content (AvgIpc) is 3.13. The molecule has 1 N–H and O–H groups in total. The van der Waals surface area contributed by atoms with E-state index >= 15 is 0 Å². The summed E-state index contributed by atoms with van der Waals surface area (Å²) in [6.45, 7) is 6.16. The van der Waals surface area contributed by atoms with E-state index in [0.29, 0.717) is 30.8 Å². The minimum Gasteiger partial charge on any atom is -0.489 e. The Kier molecular flexibility index (Phi) is 6.78. The van der Waals surface area contributed by atoms with Gasteiger partial charge in [-0.3, -0.25) is 4.79 Å². The second kappa shape index (κ2) is 9.78. The lowest BCUT2D eigenvalue weighted by Gasteiger charge is -2.30. The Labute approximate surface area is 205 Å². The Morgan fingerprint density at radius 2 is 1.77 bits per heavy atom. The third-order valence-electron chi connectivity index (χ3n) is 6.00. The van der Waals surface area contributed by atoms with Crippen LogP contribution in [0.25, 0.3) is 10.8 Å². The normalized spacial score (nSPS) is 17.9. The van der Waals surface area contributed by atoms with Gasteiger partial charge in [-0.15, -0.1) is 0 Å². The fourth-order valence-electron chi connectivity index (χ4n) is 4.33. The number of benzene rings is 3. The van der Waals surface area contributed by atoms with Gasteiger partial charge in [0.05, 0.1) is 6.54 Å². The Hall–Kier alpha value is -3.87. The third-order valence-corrected chi connectivity index (χ3v) is 6.00. The van der Waals surface area contributed by atoms with Crippen LogP contribution in [0.5, 0.6) is 5.75 Å². The van der Waals surface area contributed by atoms with E-state index in [0.717, 1.165) is 16.3 Å². The van der Waals surface area contributed by atoms with Gasteiger partial charge in [0, 0.05) is 24.1 Å². The van der Waals surface area contributed by atoms with E-state index in [4.69, 9.17) is 9.47 Å². The Balaban J connectivity index is 1.55. The quantitative estimate of drug-likeness (QED) is 0.507. The number of rotatable bonds is 7. The fraction of sp³-hybridized carbons (Fsp3) is 0.321. The molecule has 7 nitrogen and oxygen atoms in total. The molecule has 0 saturated carbocycles. The van der Waals surface area contributed by atoms with Crippen LogP contribution in [-0.2, 0) is 26.5 Å². The summed E-state index contributed by atoms with van der Waals surface area (Å²) in [5, 5.41) is 5.03. The Morgan fingerprint density at radius 3 is 2.49 bits per heavy atom. The molecule has 1 heterocycles. The highest BCUT2D eigenvalue weighted by atomic mass is 16.6. The van der Waals surface area contributed by atoms with Crippen LogP contribution in [0.4, 0.5) is 4.79 Å². The summed E-state index contributed by atoms with van der Waals surface area (Å²) >= 11 is 0. The van der Waals surface area contributed by atoms with Crippen molar-refractivity contribution in [1.29, 1.82) is 0 Å². The van der Waals surface area contributed by atoms with Gasteiger partial charge in [0.2, 0.25) is 5.60 Å². The number of carbonyl (C=O) groups excluding carboxylic acids is 3. The van der Waals surface area contributed by atoms with Crippen molar-refractivity contribution in [2.24, 2.45) is 0 Å². The number of aldehydes is 1. The molecule has 7 heteroatoms. The number of likely N-dealkylation sites (tertiary alicyclic amines) is 1. The standard InChI is InChI=1S/C28H30N2O5/c1-27(2,3)29-26(33)35-28(15-16-30(17-18-31)25(28)32)22-11-13-23(14-12-22)34-19-21-9-6-8-20-7-4-5-10-24(20)21/h4-14,18H,15-17,19H2,1-3H3,(H,29,33). The highest BCUT2D eigenvalue weighted by Gasteiger charge is 2.51. The van der Waals surface area contributed by atoms with Crippen LogP contribution in [0.1, 0.15) is 38.3 Å². The second-order valence-corrected chi connectivity index (χ2v) is 9.71. The smallest absolute Gasteiger partial charge is 0.408 e. The van der Waals surface area contributed by atoms with Crippen molar-refractivity contribution in [3.63, 3.8) is 0 Å². The maximum absolute atomic E-state index is 13.3. The second-order valence-electron chi connectivity index (χ2n) is 9.71. The maximum Gasteiger partial charge on any atom is 0.408 e. The summed E-state index contributed by atoms with van der Waals surface area (Å²) in [7, 11) is 0. The van der Waals surface area contributed by atoms with Crippen LogP contribution < -0.4 is 10.1 Å². The van der Waals surface area contributed by atoms with Crippen LogP contribution in [0.2, 0.25) is 0 Å². The number of alkyl carbamates (subject to hydrolysis) is 1. The molecule has 4 rings (SSSR count). The number of carbonyl (C=O) groups is 3. The first-order valence-corrected chi connectivity index (χ1v) is 11.7. The summed E-state index contributed by atoms with van der Waals surface area (Å²) in [6, 6.07) is 21.3. The molecular formula is C28H30N2O5. The molecule has 0 aliphatic carbocycles. The van der Waals surface area contributed by atoms with Gasteiger partial charge in [-0.1, -0.05) is 54.6 Å². The number of amides is 2. The molecule has 1 aliphatic rings. The molecule has 35 heavy (non-hydrogen) atoms. The van der Waals surface area contributed by atoms with Crippen molar-refractivity contribution in [1.82, 2.24) is 10.2 Å². The van der Waals surface area contributed by atoms with Crippen molar-refractivity contribution < 1.29 is 23.9 Å². The van der Waals surface area contributed by atoms with Gasteiger partial charge >= 0.3 is 6.09 Å². The topological polar surface area (TPSA) is 84.9 Å². The molecule has 1 fully saturated rings. The highest BCUT2D eigenvalue weighted by Crippen LogP contribution is 2.38. The first kappa shape index (κ1) is 24.3. The SMILES string of the molecule is CC(C)(C)NC(=O)OC1(c2ccc(OCc3cccc4ccccc34)cc2)CCN(CC=O)C1=O. The predicted molar refractivity (Wildman–Crippen MR) is 133 cm³/mol. The van der Waals surface area contributed by atoms with Gasteiger partial charge < -0.3 is 24.5 Å². The van der Waals surface area contributed by atoms with E-state index in [1.54, 1.807) is 24.3 Å². The molecule has 0 aromatic heterocycles. The molecule has 1 unspecified atom stereocenters. The summed E-state index contributed by atoms with van der Waals surface area (Å²) in [5.74, 6) is 0.226. The van der Waals surface area contributed by atoms with Gasteiger partial charge in [0.1, 0.15) is 18.6 Å². The summed E-state index contributed by atoms with van der Waals surface area (Å²) in [4.78, 5) is 38.4. The largest absolute Gasteiger partial charge is 0.489 e. The first-order chi connectivity index (χ1) is 16.7. The van der Waals surface area contributed by atoms with Crippen LogP contribution in [0, 0.1) is 0 Å². The Morgan fingerprint density at radius 1 is 1.06 bits per heavy atom. The van der Waals surface area contributed by atoms with Gasteiger partial charge in [-0.25, -0.2) is 4.79 Å². The van der Waals surface area contributed by atoms with Gasteiger partial charge in [-0.05, 0) is 49.2 Å². The van der Waals surface area contributed by atoms with E-state index < -0.39 is 23.1 Å².